The SMILES string of the molecule is CC(F)(CO)C(=O)OC1CC[C@H]2[C@@H]3CCC4=CC(=O)C=C[C@]4(C)[C@@]3(F)CC[C@]12C. The largest absolute Gasteiger partial charge is 0.459 e. The number of hydrogen-bond donors (Lipinski definition) is 1. The van der Waals surface area contributed by atoms with Gasteiger partial charge in [-0.2, -0.15) is 0 Å². The average Bonchev–Trinajstić information content (AvgIpc) is 2.99. The minimum absolute atomic E-state index is 0.0310. The van der Waals surface area contributed by atoms with Crippen molar-refractivity contribution in [3.8, 4) is 0 Å². The molecule has 7 atom stereocenters. The first-order valence-corrected chi connectivity index (χ1v) is 10.6. The normalized spacial score (nSPS) is 45.5. The highest BCUT2D eigenvalue weighted by Gasteiger charge is 2.67. The maximum absolute atomic E-state index is 16.7. The Kier molecular flexibility index (Phi) is 4.62. The number of allylic oxidation sites excluding steroid dienone is 4. The Bertz CT molecular complexity index is 803. The number of aliphatic hydroxyl groups is 1. The predicted molar refractivity (Wildman–Crippen MR) is 103 cm³/mol. The molecule has 160 valence electrons. The van der Waals surface area contributed by atoms with E-state index in [1.807, 2.05) is 13.8 Å². The van der Waals surface area contributed by atoms with Crippen molar-refractivity contribution < 1.29 is 28.2 Å². The summed E-state index contributed by atoms with van der Waals surface area (Å²) in [5.74, 6) is -1.28. The molecule has 0 heterocycles. The van der Waals surface area contributed by atoms with E-state index in [0.29, 0.717) is 32.1 Å². The third-order valence-electron chi connectivity index (χ3n) is 8.55. The van der Waals surface area contributed by atoms with E-state index in [1.54, 1.807) is 12.2 Å². The van der Waals surface area contributed by atoms with Crippen molar-refractivity contribution in [3.05, 3.63) is 23.8 Å². The highest BCUT2D eigenvalue weighted by atomic mass is 19.1. The zero-order valence-corrected chi connectivity index (χ0v) is 17.3. The number of esters is 1. The molecule has 6 heteroatoms. The number of ether oxygens (including phenoxy) is 1. The fourth-order valence-electron chi connectivity index (χ4n) is 6.55. The minimum Gasteiger partial charge on any atom is -0.459 e. The lowest BCUT2D eigenvalue weighted by atomic mass is 9.47. The molecule has 4 rings (SSSR count). The highest BCUT2D eigenvalue weighted by molar-refractivity contribution is 6.01. The predicted octanol–water partition coefficient (Wildman–Crippen LogP) is 4.02. The van der Waals surface area contributed by atoms with E-state index in [2.05, 4.69) is 0 Å². The van der Waals surface area contributed by atoms with Crippen molar-refractivity contribution in [2.75, 3.05) is 6.61 Å². The Morgan fingerprint density at radius 2 is 2.00 bits per heavy atom. The summed E-state index contributed by atoms with van der Waals surface area (Å²) in [6, 6.07) is 0. The molecule has 0 aromatic carbocycles. The van der Waals surface area contributed by atoms with Gasteiger partial charge >= 0.3 is 5.97 Å². The lowest BCUT2D eigenvalue weighted by molar-refractivity contribution is -0.180. The third-order valence-corrected chi connectivity index (χ3v) is 8.55. The Labute approximate surface area is 170 Å². The van der Waals surface area contributed by atoms with E-state index in [4.69, 9.17) is 9.84 Å². The van der Waals surface area contributed by atoms with Gasteiger partial charge in [-0.25, -0.2) is 13.6 Å². The van der Waals surface area contributed by atoms with Crippen LogP contribution in [0.2, 0.25) is 0 Å². The second-order valence-electron chi connectivity index (χ2n) is 10.1. The number of alkyl halides is 2. The molecule has 0 radical (unpaired) electrons. The number of rotatable bonds is 3. The number of halogens is 2. The molecule has 29 heavy (non-hydrogen) atoms. The van der Waals surface area contributed by atoms with Crippen LogP contribution in [0.15, 0.2) is 23.8 Å². The number of hydrogen-bond acceptors (Lipinski definition) is 4. The van der Waals surface area contributed by atoms with Gasteiger partial charge < -0.3 is 9.84 Å². The van der Waals surface area contributed by atoms with Gasteiger partial charge in [0.1, 0.15) is 11.8 Å². The minimum atomic E-state index is -2.43. The average molecular weight is 408 g/mol. The lowest BCUT2D eigenvalue weighted by Crippen LogP contribution is -2.60. The van der Waals surface area contributed by atoms with Crippen LogP contribution in [0.25, 0.3) is 0 Å². The van der Waals surface area contributed by atoms with E-state index >= 15 is 4.39 Å². The molecular formula is C23H30F2O4. The van der Waals surface area contributed by atoms with Gasteiger partial charge in [0.05, 0.1) is 6.61 Å². The van der Waals surface area contributed by atoms with Gasteiger partial charge in [-0.3, -0.25) is 4.79 Å². The van der Waals surface area contributed by atoms with Gasteiger partial charge in [-0.1, -0.05) is 18.6 Å². The molecule has 3 saturated carbocycles. The lowest BCUT2D eigenvalue weighted by Gasteiger charge is -2.60. The van der Waals surface area contributed by atoms with Crippen LogP contribution in [0.1, 0.15) is 59.3 Å². The van der Waals surface area contributed by atoms with Crippen molar-refractivity contribution >= 4 is 11.8 Å². The molecule has 0 amide bonds. The molecule has 4 nitrogen and oxygen atoms in total. The summed E-state index contributed by atoms with van der Waals surface area (Å²) in [6.07, 6.45) is 7.87. The summed E-state index contributed by atoms with van der Waals surface area (Å²) in [5.41, 5.74) is -4.19. The van der Waals surface area contributed by atoms with Crippen LogP contribution in [0, 0.1) is 22.7 Å². The third kappa shape index (κ3) is 2.77. The highest BCUT2D eigenvalue weighted by Crippen LogP contribution is 2.68. The van der Waals surface area contributed by atoms with E-state index < -0.39 is 40.8 Å². The Morgan fingerprint density at radius 3 is 2.69 bits per heavy atom. The smallest absolute Gasteiger partial charge is 0.346 e. The van der Waals surface area contributed by atoms with Gasteiger partial charge in [0, 0.05) is 10.8 Å². The molecule has 4 aliphatic carbocycles. The molecule has 0 aromatic rings. The van der Waals surface area contributed by atoms with Crippen molar-refractivity contribution in [1.29, 1.82) is 0 Å². The molecule has 3 fully saturated rings. The summed E-state index contributed by atoms with van der Waals surface area (Å²) >= 11 is 0. The second kappa shape index (κ2) is 6.47. The zero-order valence-electron chi connectivity index (χ0n) is 17.3. The molecule has 2 unspecified atom stereocenters. The molecular weight excluding hydrogens is 378 g/mol. The van der Waals surface area contributed by atoms with Crippen LogP contribution in [0.5, 0.6) is 0 Å². The monoisotopic (exact) mass is 408 g/mol. The van der Waals surface area contributed by atoms with Gasteiger partial charge in [0.2, 0.25) is 5.67 Å². The molecule has 0 spiro atoms. The van der Waals surface area contributed by atoms with Crippen molar-refractivity contribution in [3.63, 3.8) is 0 Å². The van der Waals surface area contributed by atoms with Crippen LogP contribution in [0.3, 0.4) is 0 Å². The summed E-state index contributed by atoms with van der Waals surface area (Å²) < 4.78 is 36.4. The zero-order chi connectivity index (χ0) is 21.2. The molecule has 0 aromatic heterocycles. The molecule has 0 aliphatic heterocycles. The Hall–Kier alpha value is -1.56. The van der Waals surface area contributed by atoms with Gasteiger partial charge in [-0.15, -0.1) is 0 Å². The van der Waals surface area contributed by atoms with Crippen LogP contribution in [0.4, 0.5) is 8.78 Å². The van der Waals surface area contributed by atoms with Crippen molar-refractivity contribution in [2.24, 2.45) is 22.7 Å². The van der Waals surface area contributed by atoms with Crippen molar-refractivity contribution in [2.45, 2.75) is 76.7 Å². The maximum atomic E-state index is 16.7. The topological polar surface area (TPSA) is 63.6 Å². The molecule has 0 saturated heterocycles. The quantitative estimate of drug-likeness (QED) is 0.717. The maximum Gasteiger partial charge on any atom is 0.346 e. The fourth-order valence-corrected chi connectivity index (χ4v) is 6.55. The molecule has 0 bridgehead atoms. The van der Waals surface area contributed by atoms with E-state index in [0.717, 1.165) is 18.9 Å². The van der Waals surface area contributed by atoms with Crippen LogP contribution in [-0.4, -0.2) is 40.9 Å². The van der Waals surface area contributed by atoms with E-state index in [9.17, 15) is 14.0 Å². The standard InChI is InChI=1S/C23H30F2O4/c1-20-10-11-23(25)17(5-4-14-12-15(27)8-9-21(14,23)2)16(20)6-7-18(20)29-19(28)22(3,24)13-26/h8-9,12,16-18,26H,4-7,10-11,13H2,1-3H3/t16-,17-,18?,20-,21-,22?,23+/m0/s1. The first-order chi connectivity index (χ1) is 13.5. The Balaban J connectivity index is 1.61. The van der Waals surface area contributed by atoms with Crippen molar-refractivity contribution in [1.82, 2.24) is 0 Å². The summed E-state index contributed by atoms with van der Waals surface area (Å²) in [4.78, 5) is 24.0. The van der Waals surface area contributed by atoms with Crippen LogP contribution in [-0.2, 0) is 14.3 Å². The molecule has 1 N–H and O–H groups in total. The fraction of sp³-hybridized carbons (Fsp3) is 0.739. The molecule has 4 aliphatic rings. The first kappa shape index (κ1) is 20.7. The van der Waals surface area contributed by atoms with E-state index in [1.165, 1.54) is 6.08 Å². The number of carbonyl (C=O) groups is 2. The first-order valence-electron chi connectivity index (χ1n) is 10.6. The number of fused-ring (bicyclic) bond motifs is 5. The summed E-state index contributed by atoms with van der Waals surface area (Å²) in [7, 11) is 0. The number of ketones is 1. The van der Waals surface area contributed by atoms with E-state index in [-0.39, 0.29) is 17.6 Å². The summed E-state index contributed by atoms with van der Waals surface area (Å²) in [6.45, 7) is 4.03. The number of carbonyl (C=O) groups excluding carboxylic acids is 2. The number of aliphatic hydroxyl groups excluding tert-OH is 1. The van der Waals surface area contributed by atoms with Gasteiger partial charge in [0.25, 0.3) is 0 Å². The van der Waals surface area contributed by atoms with Gasteiger partial charge in [0.15, 0.2) is 5.78 Å². The van der Waals surface area contributed by atoms with Crippen LogP contribution < -0.4 is 0 Å². The second-order valence-corrected chi connectivity index (χ2v) is 10.1. The van der Waals surface area contributed by atoms with Gasteiger partial charge in [-0.05, 0) is 76.4 Å². The van der Waals surface area contributed by atoms with Crippen LogP contribution >= 0.6 is 0 Å². The summed E-state index contributed by atoms with van der Waals surface area (Å²) in [5, 5.41) is 9.12. The Morgan fingerprint density at radius 1 is 1.28 bits per heavy atom.